The number of pyridine rings is 1. The second-order valence-electron chi connectivity index (χ2n) is 8.47. The highest BCUT2D eigenvalue weighted by molar-refractivity contribution is 7.92. The fourth-order valence-corrected chi connectivity index (χ4v) is 5.09. The topological polar surface area (TPSA) is 121 Å². The average molecular weight is 513 g/mol. The lowest BCUT2D eigenvalue weighted by Crippen LogP contribution is -2.38. The highest BCUT2D eigenvalue weighted by Crippen LogP contribution is 2.30. The molecule has 3 aromatic heterocycles. The van der Waals surface area contributed by atoms with Gasteiger partial charge in [0.25, 0.3) is 0 Å². The van der Waals surface area contributed by atoms with Gasteiger partial charge in [-0.05, 0) is 31.0 Å². The number of ketones is 1. The van der Waals surface area contributed by atoms with Gasteiger partial charge in [0.05, 0.1) is 17.0 Å². The van der Waals surface area contributed by atoms with Gasteiger partial charge in [0.1, 0.15) is 11.5 Å². The molecule has 36 heavy (non-hydrogen) atoms. The molecule has 1 aliphatic heterocycles. The van der Waals surface area contributed by atoms with Crippen molar-refractivity contribution in [2.24, 2.45) is 0 Å². The van der Waals surface area contributed by atoms with E-state index in [1.54, 1.807) is 31.6 Å². The molecule has 0 atom stereocenters. The third-order valence-corrected chi connectivity index (χ3v) is 7.42. The zero-order valence-electron chi connectivity index (χ0n) is 19.3. The molecular formula is C24H22F2N6O3S. The van der Waals surface area contributed by atoms with Gasteiger partial charge >= 0.3 is 0 Å². The number of aromatic nitrogens is 4. The molecule has 186 valence electrons. The van der Waals surface area contributed by atoms with E-state index in [0.29, 0.717) is 34.5 Å². The van der Waals surface area contributed by atoms with E-state index in [1.165, 1.54) is 6.20 Å². The van der Waals surface area contributed by atoms with Crippen molar-refractivity contribution in [1.82, 2.24) is 19.9 Å². The number of rotatable bonds is 8. The first-order chi connectivity index (χ1) is 17.3. The Morgan fingerprint density at radius 3 is 2.50 bits per heavy atom. The van der Waals surface area contributed by atoms with Gasteiger partial charge in [0.15, 0.2) is 5.82 Å². The van der Waals surface area contributed by atoms with Crippen LogP contribution in [0.5, 0.6) is 0 Å². The van der Waals surface area contributed by atoms with Crippen molar-refractivity contribution in [3.63, 3.8) is 0 Å². The minimum atomic E-state index is -3.85. The number of carbonyl (C=O) groups excluding carboxylic acids is 1. The molecule has 12 heteroatoms. The van der Waals surface area contributed by atoms with E-state index in [0.717, 1.165) is 31.6 Å². The van der Waals surface area contributed by atoms with Crippen molar-refractivity contribution in [2.75, 3.05) is 28.5 Å². The van der Waals surface area contributed by atoms with Gasteiger partial charge in [-0.25, -0.2) is 32.2 Å². The summed E-state index contributed by atoms with van der Waals surface area (Å²) in [5.41, 5.74) is 0.266. The lowest BCUT2D eigenvalue weighted by atomic mass is 10.0. The Kier molecular flexibility index (Phi) is 6.12. The molecule has 0 bridgehead atoms. The van der Waals surface area contributed by atoms with E-state index >= 15 is 4.39 Å². The number of aromatic amines is 1. The Labute approximate surface area is 205 Å². The average Bonchev–Trinajstić information content (AvgIpc) is 3.23. The molecule has 0 saturated carbocycles. The van der Waals surface area contributed by atoms with Crippen LogP contribution in [0.2, 0.25) is 0 Å². The Morgan fingerprint density at radius 1 is 1.11 bits per heavy atom. The predicted octanol–water partition coefficient (Wildman–Crippen LogP) is 3.89. The van der Waals surface area contributed by atoms with Crippen molar-refractivity contribution in [3.05, 3.63) is 65.7 Å². The van der Waals surface area contributed by atoms with Crippen LogP contribution >= 0.6 is 0 Å². The van der Waals surface area contributed by atoms with E-state index in [1.807, 2.05) is 4.90 Å². The molecule has 0 radical (unpaired) electrons. The number of H-pyrrole nitrogens is 1. The molecule has 1 saturated heterocycles. The molecule has 1 aromatic carbocycles. The molecular weight excluding hydrogens is 490 g/mol. The molecule has 9 nitrogen and oxygen atoms in total. The second kappa shape index (κ2) is 9.26. The van der Waals surface area contributed by atoms with Gasteiger partial charge in [0.2, 0.25) is 21.8 Å². The zero-order chi connectivity index (χ0) is 25.4. The molecule has 4 aromatic rings. The van der Waals surface area contributed by atoms with Gasteiger partial charge in [-0.2, -0.15) is 0 Å². The normalized spacial score (nSPS) is 13.6. The summed E-state index contributed by atoms with van der Waals surface area (Å²) in [6.07, 6.45) is 7.62. The molecule has 0 amide bonds. The molecule has 4 heterocycles. The third kappa shape index (κ3) is 4.39. The number of anilines is 2. The van der Waals surface area contributed by atoms with Crippen LogP contribution in [0.1, 0.15) is 35.7 Å². The number of carbonyl (C=O) groups is 1. The first kappa shape index (κ1) is 23.8. The van der Waals surface area contributed by atoms with Gasteiger partial charge in [-0.15, -0.1) is 0 Å². The number of hydrogen-bond acceptors (Lipinski definition) is 7. The summed E-state index contributed by atoms with van der Waals surface area (Å²) in [5.74, 6) is -2.95. The quantitative estimate of drug-likeness (QED) is 0.344. The summed E-state index contributed by atoms with van der Waals surface area (Å²) in [6, 6.07) is 3.47. The molecule has 1 fully saturated rings. The number of nitrogens with one attached hydrogen (secondary N) is 2. The van der Waals surface area contributed by atoms with E-state index in [4.69, 9.17) is 0 Å². The SMILES string of the molecule is CCCS(=O)(=O)Nc1ccc(F)c(C(=O)c2c[nH]c3ncc(-c4cnc(N5CCC5)nc4)cc23)c1F. The first-order valence-electron chi connectivity index (χ1n) is 11.3. The Morgan fingerprint density at radius 2 is 1.83 bits per heavy atom. The summed E-state index contributed by atoms with van der Waals surface area (Å²) < 4.78 is 56.1. The highest BCUT2D eigenvalue weighted by Gasteiger charge is 2.26. The lowest BCUT2D eigenvalue weighted by molar-refractivity contribution is 0.103. The number of nitrogens with zero attached hydrogens (tertiary/aromatic N) is 4. The number of fused-ring (bicyclic) bond motifs is 1. The van der Waals surface area contributed by atoms with E-state index in [2.05, 4.69) is 24.7 Å². The summed E-state index contributed by atoms with van der Waals surface area (Å²) in [5, 5.41) is 0.347. The number of halogens is 2. The Balaban J connectivity index is 1.51. The van der Waals surface area contributed by atoms with Crippen LogP contribution in [0.25, 0.3) is 22.2 Å². The van der Waals surface area contributed by atoms with Crippen molar-refractivity contribution in [3.8, 4) is 11.1 Å². The molecule has 2 N–H and O–H groups in total. The fraction of sp³-hybridized carbons (Fsp3) is 0.250. The van der Waals surface area contributed by atoms with Crippen LogP contribution < -0.4 is 9.62 Å². The van der Waals surface area contributed by atoms with Crippen LogP contribution in [-0.2, 0) is 10.0 Å². The number of benzene rings is 1. The Bertz CT molecular complexity index is 1570. The second-order valence-corrected chi connectivity index (χ2v) is 10.3. The summed E-state index contributed by atoms with van der Waals surface area (Å²) in [7, 11) is -3.85. The van der Waals surface area contributed by atoms with Gasteiger partial charge in [-0.3, -0.25) is 9.52 Å². The number of sulfonamides is 1. The zero-order valence-corrected chi connectivity index (χ0v) is 20.1. The van der Waals surface area contributed by atoms with Crippen LogP contribution in [0, 0.1) is 11.6 Å². The molecule has 1 aliphatic rings. The van der Waals surface area contributed by atoms with Crippen LogP contribution in [0.4, 0.5) is 20.4 Å². The largest absolute Gasteiger partial charge is 0.345 e. The van der Waals surface area contributed by atoms with Crippen molar-refractivity contribution < 1.29 is 22.0 Å². The van der Waals surface area contributed by atoms with Crippen LogP contribution in [0.15, 0.2) is 43.0 Å². The van der Waals surface area contributed by atoms with Gasteiger partial charge < -0.3 is 9.88 Å². The maximum Gasteiger partial charge on any atom is 0.232 e. The van der Waals surface area contributed by atoms with E-state index in [-0.39, 0.29) is 11.3 Å². The monoisotopic (exact) mass is 512 g/mol. The first-order valence-corrected chi connectivity index (χ1v) is 13.0. The smallest absolute Gasteiger partial charge is 0.232 e. The fourth-order valence-electron chi connectivity index (χ4n) is 3.96. The third-order valence-electron chi connectivity index (χ3n) is 5.94. The summed E-state index contributed by atoms with van der Waals surface area (Å²) in [4.78, 5) is 31.2. The van der Waals surface area contributed by atoms with E-state index in [9.17, 15) is 17.6 Å². The van der Waals surface area contributed by atoms with Crippen molar-refractivity contribution in [2.45, 2.75) is 19.8 Å². The van der Waals surface area contributed by atoms with Crippen LogP contribution in [-0.4, -0.2) is 53.0 Å². The highest BCUT2D eigenvalue weighted by atomic mass is 32.2. The van der Waals surface area contributed by atoms with E-state index < -0.39 is 38.7 Å². The maximum absolute atomic E-state index is 15.2. The molecule has 0 aliphatic carbocycles. The molecule has 0 spiro atoms. The molecule has 5 rings (SSSR count). The lowest BCUT2D eigenvalue weighted by Gasteiger charge is -2.30. The minimum absolute atomic E-state index is 0.0103. The predicted molar refractivity (Wildman–Crippen MR) is 131 cm³/mol. The standard InChI is InChI=1S/C24H22F2N6O3S/c1-2-8-36(34,35)31-19-5-4-18(25)20(21(19)26)22(33)17-13-28-23-16(17)9-14(10-27-23)15-11-29-24(30-12-15)32-6-3-7-32/h4-5,9-13,31H,2-3,6-8H2,1H3,(H,27,28). The summed E-state index contributed by atoms with van der Waals surface area (Å²) >= 11 is 0. The molecule has 0 unspecified atom stereocenters. The van der Waals surface area contributed by atoms with Crippen molar-refractivity contribution in [1.29, 1.82) is 0 Å². The number of hydrogen-bond donors (Lipinski definition) is 2. The van der Waals surface area contributed by atoms with Crippen LogP contribution in [0.3, 0.4) is 0 Å². The van der Waals surface area contributed by atoms with Crippen molar-refractivity contribution >= 4 is 38.5 Å². The van der Waals surface area contributed by atoms with Gasteiger partial charge in [-0.1, -0.05) is 6.92 Å². The summed E-state index contributed by atoms with van der Waals surface area (Å²) in [6.45, 7) is 3.48. The Hall–Kier alpha value is -3.93. The minimum Gasteiger partial charge on any atom is -0.345 e. The maximum atomic E-state index is 15.2. The van der Waals surface area contributed by atoms with Gasteiger partial charge in [0, 0.05) is 60.0 Å².